The molecule has 0 saturated heterocycles. The molecule has 1 aromatic rings. The molecule has 1 aliphatic rings. The van der Waals surface area contributed by atoms with E-state index in [0.717, 1.165) is 44.2 Å². The summed E-state index contributed by atoms with van der Waals surface area (Å²) in [5.41, 5.74) is 2.30. The highest BCUT2D eigenvalue weighted by Crippen LogP contribution is 2.20. The number of pyridine rings is 1. The van der Waals surface area contributed by atoms with Gasteiger partial charge in [-0.2, -0.15) is 0 Å². The van der Waals surface area contributed by atoms with E-state index in [2.05, 4.69) is 32.7 Å². The van der Waals surface area contributed by atoms with Gasteiger partial charge in [-0.25, -0.2) is 0 Å². The maximum atomic E-state index is 5.94. The van der Waals surface area contributed by atoms with E-state index in [4.69, 9.17) is 4.74 Å². The van der Waals surface area contributed by atoms with Crippen LogP contribution < -0.4 is 10.6 Å². The van der Waals surface area contributed by atoms with E-state index >= 15 is 0 Å². The fourth-order valence-corrected chi connectivity index (χ4v) is 2.95. The fourth-order valence-electron chi connectivity index (χ4n) is 2.95. The van der Waals surface area contributed by atoms with Gasteiger partial charge in [0.15, 0.2) is 5.96 Å². The topological polar surface area (TPSA) is 58.5 Å². The van der Waals surface area contributed by atoms with Gasteiger partial charge in [-0.3, -0.25) is 9.98 Å². The molecule has 1 fully saturated rings. The van der Waals surface area contributed by atoms with Crippen molar-refractivity contribution < 1.29 is 4.74 Å². The number of halogens is 1. The van der Waals surface area contributed by atoms with Gasteiger partial charge in [0.25, 0.3) is 0 Å². The van der Waals surface area contributed by atoms with Crippen LogP contribution in [0.4, 0.5) is 0 Å². The van der Waals surface area contributed by atoms with Gasteiger partial charge in [0.1, 0.15) is 0 Å². The van der Waals surface area contributed by atoms with E-state index < -0.39 is 0 Å². The Morgan fingerprint density at radius 1 is 1.20 bits per heavy atom. The molecule has 1 heterocycles. The van der Waals surface area contributed by atoms with Gasteiger partial charge in [-0.1, -0.05) is 25.3 Å². The molecule has 0 spiro atoms. The van der Waals surface area contributed by atoms with Gasteiger partial charge in [0, 0.05) is 38.6 Å². The monoisotopic (exact) mass is 460 g/mol. The molecule has 0 radical (unpaired) electrons. The zero-order chi connectivity index (χ0) is 17.0. The normalized spacial score (nSPS) is 15.5. The zero-order valence-electron chi connectivity index (χ0n) is 15.6. The number of ether oxygens (including phenoxy) is 1. The zero-order valence-corrected chi connectivity index (χ0v) is 17.9. The van der Waals surface area contributed by atoms with E-state index in [1.807, 2.05) is 13.1 Å². The third-order valence-corrected chi connectivity index (χ3v) is 4.42. The minimum absolute atomic E-state index is 0. The Bertz CT molecular complexity index is 487. The van der Waals surface area contributed by atoms with Gasteiger partial charge in [-0.15, -0.1) is 24.0 Å². The Balaban J connectivity index is 0.00000312. The fraction of sp³-hybridized carbons (Fsp3) is 0.684. The summed E-state index contributed by atoms with van der Waals surface area (Å²) in [6.45, 7) is 4.58. The molecule has 1 aromatic heterocycles. The van der Waals surface area contributed by atoms with Gasteiger partial charge < -0.3 is 15.4 Å². The standard InChI is InChI=1S/C19H32N4O.HI/c1-16-9-10-17(15-23-16)11-13-22-19(20-2)21-12-6-14-24-18-7-4-3-5-8-18;/h9-10,15,18H,3-8,11-14H2,1-2H3,(H2,20,21,22);1H. The van der Waals surface area contributed by atoms with E-state index in [1.165, 1.54) is 37.7 Å². The van der Waals surface area contributed by atoms with Gasteiger partial charge in [-0.05, 0) is 44.2 Å². The van der Waals surface area contributed by atoms with E-state index in [1.54, 1.807) is 7.05 Å². The van der Waals surface area contributed by atoms with Crippen LogP contribution >= 0.6 is 24.0 Å². The molecule has 1 saturated carbocycles. The van der Waals surface area contributed by atoms with Crippen LogP contribution in [0.3, 0.4) is 0 Å². The smallest absolute Gasteiger partial charge is 0.190 e. The summed E-state index contributed by atoms with van der Waals surface area (Å²) < 4.78 is 5.94. The molecular formula is C19H33IN4O. The quantitative estimate of drug-likeness (QED) is 0.270. The molecule has 0 aliphatic heterocycles. The van der Waals surface area contributed by atoms with E-state index in [-0.39, 0.29) is 24.0 Å². The summed E-state index contributed by atoms with van der Waals surface area (Å²) in [4.78, 5) is 8.58. The summed E-state index contributed by atoms with van der Waals surface area (Å²) in [5.74, 6) is 0.854. The first-order valence-corrected chi connectivity index (χ1v) is 9.25. The van der Waals surface area contributed by atoms with Crippen molar-refractivity contribution in [3.05, 3.63) is 29.6 Å². The summed E-state index contributed by atoms with van der Waals surface area (Å²) in [6, 6.07) is 4.18. The first-order valence-electron chi connectivity index (χ1n) is 9.25. The summed E-state index contributed by atoms with van der Waals surface area (Å²) >= 11 is 0. The van der Waals surface area contributed by atoms with Gasteiger partial charge in [0.05, 0.1) is 6.10 Å². The molecule has 0 aromatic carbocycles. The van der Waals surface area contributed by atoms with Crippen LogP contribution in [0, 0.1) is 6.92 Å². The molecular weight excluding hydrogens is 427 g/mol. The van der Waals surface area contributed by atoms with Crippen LogP contribution in [0.2, 0.25) is 0 Å². The summed E-state index contributed by atoms with van der Waals surface area (Å²) in [5, 5.41) is 6.69. The minimum Gasteiger partial charge on any atom is -0.378 e. The molecule has 5 nitrogen and oxygen atoms in total. The Hall–Kier alpha value is -0.890. The third-order valence-electron chi connectivity index (χ3n) is 4.42. The number of hydrogen-bond acceptors (Lipinski definition) is 3. The molecule has 1 aliphatic carbocycles. The van der Waals surface area contributed by atoms with Crippen molar-refractivity contribution in [1.82, 2.24) is 15.6 Å². The lowest BCUT2D eigenvalue weighted by Crippen LogP contribution is -2.39. The number of hydrogen-bond donors (Lipinski definition) is 2. The van der Waals surface area contributed by atoms with Crippen LogP contribution in [0.25, 0.3) is 0 Å². The first-order chi connectivity index (χ1) is 11.8. The number of guanidine groups is 1. The Labute approximate surface area is 169 Å². The molecule has 0 unspecified atom stereocenters. The molecule has 2 N–H and O–H groups in total. The molecule has 0 bridgehead atoms. The molecule has 6 heteroatoms. The maximum Gasteiger partial charge on any atom is 0.190 e. The van der Waals surface area contributed by atoms with Crippen LogP contribution in [0.15, 0.2) is 23.3 Å². The first kappa shape index (κ1) is 22.2. The maximum absolute atomic E-state index is 5.94. The minimum atomic E-state index is 0. The largest absolute Gasteiger partial charge is 0.378 e. The lowest BCUT2D eigenvalue weighted by atomic mass is 9.98. The van der Waals surface area contributed by atoms with Crippen molar-refractivity contribution in [3.8, 4) is 0 Å². The molecule has 0 amide bonds. The van der Waals surface area contributed by atoms with Crippen molar-refractivity contribution in [2.75, 3.05) is 26.7 Å². The Morgan fingerprint density at radius 2 is 1.96 bits per heavy atom. The average molecular weight is 460 g/mol. The van der Waals surface area contributed by atoms with Gasteiger partial charge in [0.2, 0.25) is 0 Å². The van der Waals surface area contributed by atoms with Crippen LogP contribution in [-0.4, -0.2) is 43.8 Å². The van der Waals surface area contributed by atoms with Crippen LogP contribution in [-0.2, 0) is 11.2 Å². The van der Waals surface area contributed by atoms with Crippen molar-refractivity contribution in [2.24, 2.45) is 4.99 Å². The number of nitrogens with one attached hydrogen (secondary N) is 2. The lowest BCUT2D eigenvalue weighted by molar-refractivity contribution is 0.0277. The second kappa shape index (κ2) is 13.3. The van der Waals surface area contributed by atoms with Crippen molar-refractivity contribution in [1.29, 1.82) is 0 Å². The van der Waals surface area contributed by atoms with Crippen LogP contribution in [0.5, 0.6) is 0 Å². The highest BCUT2D eigenvalue weighted by Gasteiger charge is 2.12. The van der Waals surface area contributed by atoms with E-state index in [0.29, 0.717) is 6.10 Å². The highest BCUT2D eigenvalue weighted by atomic mass is 127. The SMILES string of the molecule is CN=C(NCCCOC1CCCCC1)NCCc1ccc(C)nc1.I. The molecule has 142 valence electrons. The third kappa shape index (κ3) is 9.39. The number of aryl methyl sites for hydroxylation is 1. The number of aromatic nitrogens is 1. The van der Waals surface area contributed by atoms with E-state index in [9.17, 15) is 0 Å². The molecule has 0 atom stereocenters. The summed E-state index contributed by atoms with van der Waals surface area (Å²) in [6.07, 6.45) is 10.9. The van der Waals surface area contributed by atoms with Gasteiger partial charge >= 0.3 is 0 Å². The van der Waals surface area contributed by atoms with Crippen LogP contribution in [0.1, 0.15) is 49.8 Å². The number of aliphatic imine (C=N–C) groups is 1. The number of rotatable bonds is 8. The van der Waals surface area contributed by atoms with Crippen molar-refractivity contribution in [3.63, 3.8) is 0 Å². The number of nitrogens with zero attached hydrogens (tertiary/aromatic N) is 2. The van der Waals surface area contributed by atoms with Crippen molar-refractivity contribution >= 4 is 29.9 Å². The second-order valence-corrected chi connectivity index (χ2v) is 6.47. The predicted octanol–water partition coefficient (Wildman–Crippen LogP) is 3.45. The molecule has 25 heavy (non-hydrogen) atoms. The Morgan fingerprint density at radius 3 is 2.64 bits per heavy atom. The predicted molar refractivity (Wildman–Crippen MR) is 115 cm³/mol. The summed E-state index contributed by atoms with van der Waals surface area (Å²) in [7, 11) is 1.81. The highest BCUT2D eigenvalue weighted by molar-refractivity contribution is 14.0. The molecule has 2 rings (SSSR count). The average Bonchev–Trinajstić information content (AvgIpc) is 2.62. The van der Waals surface area contributed by atoms with Crippen molar-refractivity contribution in [2.45, 2.75) is 58.0 Å². The second-order valence-electron chi connectivity index (χ2n) is 6.47. The Kier molecular flexibility index (Phi) is 11.8. The lowest BCUT2D eigenvalue weighted by Gasteiger charge is -2.22.